The molecule has 6 heteroatoms. The number of hydrogen-bond acceptors (Lipinski definition) is 4. The number of hydrogen-bond donors (Lipinski definition) is 1. The first kappa shape index (κ1) is 12.4. The number of carboxylic acid groups (broad SMARTS) is 1. The van der Waals surface area contributed by atoms with Gasteiger partial charge in [0, 0.05) is 0 Å². The SMILES string of the molecule is O=C(O)CS(=O)(=O)OC12CC3CC(CC(C3)C1)C2. The van der Waals surface area contributed by atoms with Gasteiger partial charge < -0.3 is 5.11 Å². The van der Waals surface area contributed by atoms with Crippen LogP contribution in [0.25, 0.3) is 0 Å². The fourth-order valence-corrected chi connectivity index (χ4v) is 5.69. The predicted molar refractivity (Wildman–Crippen MR) is 63.4 cm³/mol. The Labute approximate surface area is 107 Å². The summed E-state index contributed by atoms with van der Waals surface area (Å²) in [7, 11) is -3.94. The molecule has 5 nitrogen and oxygen atoms in total. The van der Waals surface area contributed by atoms with Crippen LogP contribution in [0.1, 0.15) is 38.5 Å². The van der Waals surface area contributed by atoms with Crippen molar-refractivity contribution in [2.24, 2.45) is 17.8 Å². The van der Waals surface area contributed by atoms with Gasteiger partial charge in [0.15, 0.2) is 5.75 Å². The van der Waals surface area contributed by atoms with Crippen LogP contribution in [-0.4, -0.2) is 30.8 Å². The topological polar surface area (TPSA) is 80.7 Å². The van der Waals surface area contributed by atoms with Gasteiger partial charge in [-0.2, -0.15) is 8.42 Å². The van der Waals surface area contributed by atoms with Crippen molar-refractivity contribution in [3.05, 3.63) is 0 Å². The Balaban J connectivity index is 1.78. The molecule has 0 amide bonds. The van der Waals surface area contributed by atoms with E-state index in [0.717, 1.165) is 19.3 Å². The second kappa shape index (κ2) is 3.93. The largest absolute Gasteiger partial charge is 0.480 e. The molecule has 0 saturated heterocycles. The van der Waals surface area contributed by atoms with Gasteiger partial charge in [-0.25, -0.2) is 0 Å². The van der Waals surface area contributed by atoms with E-state index in [4.69, 9.17) is 9.29 Å². The molecule has 0 aromatic rings. The maximum absolute atomic E-state index is 11.7. The third-order valence-electron chi connectivity index (χ3n) is 4.59. The summed E-state index contributed by atoms with van der Waals surface area (Å²) in [6.45, 7) is 0. The van der Waals surface area contributed by atoms with E-state index in [-0.39, 0.29) is 0 Å². The van der Waals surface area contributed by atoms with Crippen molar-refractivity contribution in [1.29, 1.82) is 0 Å². The smallest absolute Gasteiger partial charge is 0.321 e. The van der Waals surface area contributed by atoms with Gasteiger partial charge in [-0.3, -0.25) is 8.98 Å². The zero-order valence-electron chi connectivity index (χ0n) is 10.2. The maximum atomic E-state index is 11.7. The molecule has 4 bridgehead atoms. The quantitative estimate of drug-likeness (QED) is 0.783. The van der Waals surface area contributed by atoms with Crippen LogP contribution in [0, 0.1) is 17.8 Å². The van der Waals surface area contributed by atoms with Gasteiger partial charge in [0.1, 0.15) is 0 Å². The third kappa shape index (κ3) is 2.28. The lowest BCUT2D eigenvalue weighted by molar-refractivity contribution is -0.134. The van der Waals surface area contributed by atoms with Gasteiger partial charge in [-0.15, -0.1) is 0 Å². The second-order valence-corrected chi connectivity index (χ2v) is 7.85. The molecule has 102 valence electrons. The molecule has 0 unspecified atom stereocenters. The molecule has 4 aliphatic rings. The highest BCUT2D eigenvalue weighted by atomic mass is 32.2. The molecular formula is C12H18O5S. The van der Waals surface area contributed by atoms with E-state index < -0.39 is 27.4 Å². The molecule has 0 atom stereocenters. The molecule has 0 radical (unpaired) electrons. The lowest BCUT2D eigenvalue weighted by atomic mass is 9.54. The molecule has 0 spiro atoms. The standard InChI is InChI=1S/C12H18O5S/c13-11(14)7-18(15,16)17-12-4-8-1-9(5-12)3-10(2-8)6-12/h8-10H,1-7H2,(H,13,14). The summed E-state index contributed by atoms with van der Waals surface area (Å²) in [6, 6.07) is 0. The van der Waals surface area contributed by atoms with Crippen LogP contribution in [0.3, 0.4) is 0 Å². The summed E-state index contributed by atoms with van der Waals surface area (Å²) in [4.78, 5) is 10.5. The molecule has 1 N–H and O–H groups in total. The molecule has 18 heavy (non-hydrogen) atoms. The Morgan fingerprint density at radius 1 is 1.11 bits per heavy atom. The van der Waals surface area contributed by atoms with Crippen molar-refractivity contribution in [3.63, 3.8) is 0 Å². The van der Waals surface area contributed by atoms with Gasteiger partial charge in [-0.05, 0) is 56.3 Å². The summed E-state index contributed by atoms with van der Waals surface area (Å²) in [5.74, 6) is -0.530. The van der Waals surface area contributed by atoms with Crippen molar-refractivity contribution in [1.82, 2.24) is 0 Å². The van der Waals surface area contributed by atoms with Gasteiger partial charge in [0.2, 0.25) is 0 Å². The summed E-state index contributed by atoms with van der Waals surface area (Å²) in [6.07, 6.45) is 5.96. The van der Waals surface area contributed by atoms with Gasteiger partial charge in [-0.1, -0.05) is 0 Å². The van der Waals surface area contributed by atoms with Crippen LogP contribution in [-0.2, 0) is 19.1 Å². The van der Waals surface area contributed by atoms with Crippen LogP contribution < -0.4 is 0 Å². The Kier molecular flexibility index (Phi) is 2.71. The molecule has 0 aliphatic heterocycles. The van der Waals surface area contributed by atoms with Crippen molar-refractivity contribution >= 4 is 16.1 Å². The van der Waals surface area contributed by atoms with Crippen molar-refractivity contribution in [3.8, 4) is 0 Å². The lowest BCUT2D eigenvalue weighted by Gasteiger charge is -2.55. The molecule has 4 rings (SSSR count). The van der Waals surface area contributed by atoms with Crippen LogP contribution >= 0.6 is 0 Å². The monoisotopic (exact) mass is 274 g/mol. The van der Waals surface area contributed by atoms with E-state index in [1.54, 1.807) is 0 Å². The number of carboxylic acids is 1. The Morgan fingerprint density at radius 3 is 1.94 bits per heavy atom. The molecule has 4 saturated carbocycles. The molecule has 0 aromatic heterocycles. The average Bonchev–Trinajstić information content (AvgIpc) is 2.09. The van der Waals surface area contributed by atoms with E-state index in [0.29, 0.717) is 17.8 Å². The lowest BCUT2D eigenvalue weighted by Crippen LogP contribution is -2.53. The van der Waals surface area contributed by atoms with Gasteiger partial charge in [0.25, 0.3) is 10.1 Å². The third-order valence-corrected chi connectivity index (χ3v) is 5.79. The number of rotatable bonds is 4. The highest BCUT2D eigenvalue weighted by Crippen LogP contribution is 2.57. The maximum Gasteiger partial charge on any atom is 0.321 e. The van der Waals surface area contributed by atoms with E-state index >= 15 is 0 Å². The molecule has 4 aliphatic carbocycles. The minimum absolute atomic E-state index is 0.580. The fourth-order valence-electron chi connectivity index (χ4n) is 4.58. The number of carbonyl (C=O) groups is 1. The van der Waals surface area contributed by atoms with Gasteiger partial charge >= 0.3 is 5.97 Å². The van der Waals surface area contributed by atoms with Gasteiger partial charge in [0.05, 0.1) is 5.60 Å². The van der Waals surface area contributed by atoms with Crippen LogP contribution in [0.2, 0.25) is 0 Å². The molecule has 0 heterocycles. The summed E-state index contributed by atoms with van der Waals surface area (Å²) in [5.41, 5.74) is -0.580. The number of aliphatic carboxylic acids is 1. The molecular weight excluding hydrogens is 256 g/mol. The molecule has 4 fully saturated rings. The van der Waals surface area contributed by atoms with Crippen LogP contribution in [0.4, 0.5) is 0 Å². The first-order valence-corrected chi connectivity index (χ1v) is 8.09. The van der Waals surface area contributed by atoms with Crippen molar-refractivity contribution in [2.45, 2.75) is 44.1 Å². The zero-order valence-corrected chi connectivity index (χ0v) is 11.0. The highest BCUT2D eigenvalue weighted by Gasteiger charge is 2.53. The van der Waals surface area contributed by atoms with Crippen molar-refractivity contribution < 1.29 is 22.5 Å². The minimum atomic E-state index is -3.94. The Morgan fingerprint density at radius 2 is 1.56 bits per heavy atom. The molecule has 0 aromatic carbocycles. The summed E-state index contributed by atoms with van der Waals surface area (Å²) >= 11 is 0. The van der Waals surface area contributed by atoms with E-state index in [1.165, 1.54) is 19.3 Å². The predicted octanol–water partition coefficient (Wildman–Crippen LogP) is 1.39. The zero-order chi connectivity index (χ0) is 13.0. The van der Waals surface area contributed by atoms with E-state index in [2.05, 4.69) is 0 Å². The highest BCUT2D eigenvalue weighted by molar-refractivity contribution is 7.87. The average molecular weight is 274 g/mol. The first-order chi connectivity index (χ1) is 8.36. The van der Waals surface area contributed by atoms with E-state index in [1.807, 2.05) is 0 Å². The van der Waals surface area contributed by atoms with Crippen LogP contribution in [0.15, 0.2) is 0 Å². The van der Waals surface area contributed by atoms with Crippen LogP contribution in [0.5, 0.6) is 0 Å². The van der Waals surface area contributed by atoms with Crippen molar-refractivity contribution in [2.75, 3.05) is 5.75 Å². The summed E-state index contributed by atoms with van der Waals surface area (Å²) in [5, 5.41) is 8.60. The fraction of sp³-hybridized carbons (Fsp3) is 0.917. The normalized spacial score (nSPS) is 42.1. The Hall–Kier alpha value is -0.620. The first-order valence-electron chi connectivity index (χ1n) is 6.51. The minimum Gasteiger partial charge on any atom is -0.480 e. The summed E-state index contributed by atoms with van der Waals surface area (Å²) < 4.78 is 28.8. The van der Waals surface area contributed by atoms with E-state index in [9.17, 15) is 13.2 Å². The Bertz CT molecular complexity index is 432. The second-order valence-electron chi connectivity index (χ2n) is 6.28.